The number of rotatable bonds is 1. The van der Waals surface area contributed by atoms with E-state index in [1.54, 1.807) is 12.4 Å². The van der Waals surface area contributed by atoms with Gasteiger partial charge in [0.05, 0.1) is 9.77 Å². The van der Waals surface area contributed by atoms with Crippen molar-refractivity contribution in [3.8, 4) is 5.82 Å². The molecule has 2 aromatic rings. The van der Waals surface area contributed by atoms with Crippen LogP contribution in [0.25, 0.3) is 5.82 Å². The van der Waals surface area contributed by atoms with Crippen molar-refractivity contribution in [3.05, 3.63) is 38.5 Å². The molecule has 0 atom stereocenters. The molecule has 0 aliphatic rings. The zero-order chi connectivity index (χ0) is 10.1. The molecule has 2 heterocycles. The van der Waals surface area contributed by atoms with Crippen LogP contribution >= 0.6 is 38.5 Å². The molecule has 0 saturated heterocycles. The van der Waals surface area contributed by atoms with Gasteiger partial charge >= 0.3 is 0 Å². The van der Waals surface area contributed by atoms with Crippen LogP contribution in [-0.2, 0) is 0 Å². The van der Waals surface area contributed by atoms with Crippen molar-refractivity contribution in [2.45, 2.75) is 0 Å². The van der Waals surface area contributed by atoms with Crippen molar-refractivity contribution in [2.24, 2.45) is 0 Å². The molecule has 2 rings (SSSR count). The molecule has 72 valence electrons. The van der Waals surface area contributed by atoms with Crippen LogP contribution in [0.2, 0.25) is 0 Å². The lowest BCUT2D eigenvalue weighted by Crippen LogP contribution is -2.01. The summed E-state index contributed by atoms with van der Waals surface area (Å²) in [5.74, 6) is -0.199. The van der Waals surface area contributed by atoms with Crippen molar-refractivity contribution >= 4 is 38.5 Å². The first kappa shape index (κ1) is 10.0. The first-order chi connectivity index (χ1) is 6.66. The average molecular weight is 368 g/mol. The van der Waals surface area contributed by atoms with Crippen LogP contribution in [0.1, 0.15) is 0 Å². The summed E-state index contributed by atoms with van der Waals surface area (Å²) in [4.78, 5) is 3.94. The largest absolute Gasteiger partial charge is 0.233 e. The molecule has 0 radical (unpaired) electrons. The van der Waals surface area contributed by atoms with Crippen LogP contribution in [0.15, 0.2) is 29.1 Å². The molecule has 2 aromatic heterocycles. The maximum Gasteiger partial charge on any atom is 0.189 e. The van der Waals surface area contributed by atoms with E-state index < -0.39 is 5.82 Å². The number of aromatic nitrogens is 3. The Hall–Kier alpha value is -0.500. The summed E-state index contributed by atoms with van der Waals surface area (Å²) in [5.41, 5.74) is 0. The smallest absolute Gasteiger partial charge is 0.189 e. The van der Waals surface area contributed by atoms with E-state index in [4.69, 9.17) is 0 Å². The summed E-state index contributed by atoms with van der Waals surface area (Å²) in [7, 11) is 0. The monoisotopic (exact) mass is 367 g/mol. The summed E-state index contributed by atoms with van der Waals surface area (Å²) in [6.07, 6.45) is 4.89. The Morgan fingerprint density at radius 3 is 2.79 bits per heavy atom. The molecule has 0 saturated carbocycles. The fraction of sp³-hybridized carbons (Fsp3) is 0. The molecule has 0 fully saturated rings. The molecular weight excluding hydrogens is 364 g/mol. The van der Waals surface area contributed by atoms with Crippen LogP contribution < -0.4 is 0 Å². The maximum absolute atomic E-state index is 13.4. The molecule has 0 spiro atoms. The minimum Gasteiger partial charge on any atom is -0.233 e. The Labute approximate surface area is 102 Å². The van der Waals surface area contributed by atoms with Gasteiger partial charge in [-0.25, -0.2) is 14.1 Å². The third-order valence-corrected chi connectivity index (χ3v) is 2.55. The van der Waals surface area contributed by atoms with Gasteiger partial charge in [-0.3, -0.25) is 0 Å². The quantitative estimate of drug-likeness (QED) is 0.725. The molecule has 0 amide bonds. The second-order valence-corrected chi connectivity index (χ2v) is 4.72. The van der Waals surface area contributed by atoms with E-state index >= 15 is 0 Å². The molecular formula is C8H4BrFIN3. The lowest BCUT2D eigenvalue weighted by molar-refractivity contribution is 0.599. The lowest BCUT2D eigenvalue weighted by Gasteiger charge is -2.01. The fourth-order valence-electron chi connectivity index (χ4n) is 0.993. The van der Waals surface area contributed by atoms with Crippen molar-refractivity contribution < 1.29 is 4.39 Å². The molecule has 3 nitrogen and oxygen atoms in total. The van der Waals surface area contributed by atoms with E-state index in [2.05, 4.69) is 48.6 Å². The number of hydrogen-bond donors (Lipinski definition) is 0. The van der Waals surface area contributed by atoms with Crippen molar-refractivity contribution in [1.29, 1.82) is 0 Å². The molecule has 14 heavy (non-hydrogen) atoms. The van der Waals surface area contributed by atoms with Gasteiger partial charge in [-0.1, -0.05) is 0 Å². The van der Waals surface area contributed by atoms with Gasteiger partial charge in [0.1, 0.15) is 0 Å². The number of halogens is 3. The Bertz CT molecular complexity index is 471. The highest BCUT2D eigenvalue weighted by molar-refractivity contribution is 14.1. The summed E-state index contributed by atoms with van der Waals surface area (Å²) >= 11 is 5.24. The van der Waals surface area contributed by atoms with Crippen LogP contribution in [-0.4, -0.2) is 14.8 Å². The van der Waals surface area contributed by atoms with Crippen molar-refractivity contribution in [2.75, 3.05) is 0 Å². The summed E-state index contributed by atoms with van der Waals surface area (Å²) < 4.78 is 16.3. The van der Waals surface area contributed by atoms with E-state index in [1.165, 1.54) is 16.9 Å². The molecule has 0 aliphatic carbocycles. The Kier molecular flexibility index (Phi) is 2.82. The molecule has 0 aliphatic heterocycles. The average Bonchev–Trinajstić information content (AvgIpc) is 2.51. The number of pyridine rings is 1. The van der Waals surface area contributed by atoms with Crippen LogP contribution in [0, 0.1) is 9.39 Å². The van der Waals surface area contributed by atoms with E-state index in [-0.39, 0.29) is 5.82 Å². The zero-order valence-corrected chi connectivity index (χ0v) is 10.5. The van der Waals surface area contributed by atoms with Gasteiger partial charge in [-0.15, -0.1) is 0 Å². The predicted molar refractivity (Wildman–Crippen MR) is 61.7 cm³/mol. The molecule has 6 heteroatoms. The van der Waals surface area contributed by atoms with Gasteiger partial charge in [0, 0.05) is 16.9 Å². The first-order valence-electron chi connectivity index (χ1n) is 3.68. The third-order valence-electron chi connectivity index (χ3n) is 1.56. The summed E-state index contributed by atoms with van der Waals surface area (Å²) in [6, 6.07) is 1.36. The van der Waals surface area contributed by atoms with Crippen molar-refractivity contribution in [1.82, 2.24) is 14.8 Å². The molecule has 0 bridgehead atoms. The van der Waals surface area contributed by atoms with Gasteiger partial charge in [0.15, 0.2) is 11.6 Å². The minimum atomic E-state index is -0.404. The maximum atomic E-state index is 13.4. The fourth-order valence-corrected chi connectivity index (χ4v) is 1.68. The second-order valence-electron chi connectivity index (χ2n) is 2.56. The van der Waals surface area contributed by atoms with Gasteiger partial charge in [-0.2, -0.15) is 5.10 Å². The van der Waals surface area contributed by atoms with Crippen molar-refractivity contribution in [3.63, 3.8) is 0 Å². The standard InChI is InChI=1S/C8H4BrFIN3/c9-5-1-7(10)8(12-2-5)14-4-6(11)3-13-14/h1-4H. The molecule has 0 N–H and O–H groups in total. The molecule has 0 unspecified atom stereocenters. The highest BCUT2D eigenvalue weighted by atomic mass is 127. The van der Waals surface area contributed by atoms with E-state index in [1.807, 2.05) is 0 Å². The summed E-state index contributed by atoms with van der Waals surface area (Å²) in [5, 5.41) is 3.97. The van der Waals surface area contributed by atoms with Crippen LogP contribution in [0.3, 0.4) is 0 Å². The Morgan fingerprint density at radius 2 is 2.21 bits per heavy atom. The predicted octanol–water partition coefficient (Wildman–Crippen LogP) is 2.77. The van der Waals surface area contributed by atoms with Gasteiger partial charge in [-0.05, 0) is 44.6 Å². The van der Waals surface area contributed by atoms with Crippen LogP contribution in [0.4, 0.5) is 4.39 Å². The van der Waals surface area contributed by atoms with E-state index in [0.29, 0.717) is 4.47 Å². The highest BCUT2D eigenvalue weighted by Gasteiger charge is 2.07. The first-order valence-corrected chi connectivity index (χ1v) is 5.55. The normalized spacial score (nSPS) is 10.5. The zero-order valence-electron chi connectivity index (χ0n) is 6.78. The highest BCUT2D eigenvalue weighted by Crippen LogP contribution is 2.15. The van der Waals surface area contributed by atoms with Gasteiger partial charge in [0.2, 0.25) is 0 Å². The lowest BCUT2D eigenvalue weighted by atomic mass is 10.4. The van der Waals surface area contributed by atoms with Crippen LogP contribution in [0.5, 0.6) is 0 Å². The second kappa shape index (κ2) is 3.93. The van der Waals surface area contributed by atoms with E-state index in [9.17, 15) is 4.39 Å². The summed E-state index contributed by atoms with van der Waals surface area (Å²) in [6.45, 7) is 0. The van der Waals surface area contributed by atoms with Gasteiger partial charge < -0.3 is 0 Å². The number of nitrogens with zero attached hydrogens (tertiary/aromatic N) is 3. The minimum absolute atomic E-state index is 0.205. The Morgan fingerprint density at radius 1 is 1.43 bits per heavy atom. The number of hydrogen-bond acceptors (Lipinski definition) is 2. The third kappa shape index (κ3) is 1.95. The molecule has 0 aromatic carbocycles. The Balaban J connectivity index is 2.52. The topological polar surface area (TPSA) is 30.7 Å². The van der Waals surface area contributed by atoms with Gasteiger partial charge in [0.25, 0.3) is 0 Å². The SMILES string of the molecule is Fc1cc(Br)cnc1-n1cc(I)cn1. The van der Waals surface area contributed by atoms with E-state index in [0.717, 1.165) is 3.57 Å².